The van der Waals surface area contributed by atoms with E-state index in [9.17, 15) is 13.6 Å². The fourth-order valence-corrected chi connectivity index (χ4v) is 2.28. The highest BCUT2D eigenvalue weighted by molar-refractivity contribution is 6.06. The summed E-state index contributed by atoms with van der Waals surface area (Å²) in [6.45, 7) is 6.29. The number of hydrogen-bond acceptors (Lipinski definition) is 3. The molecule has 2 rings (SSSR count). The Labute approximate surface area is 133 Å². The average Bonchev–Trinajstić information content (AvgIpc) is 2.86. The number of hydrogen-bond donors (Lipinski definition) is 0. The van der Waals surface area contributed by atoms with Crippen LogP contribution < -0.4 is 4.90 Å². The first-order valence-electron chi connectivity index (χ1n) is 7.22. The van der Waals surface area contributed by atoms with Crippen LogP contribution >= 0.6 is 0 Å². The van der Waals surface area contributed by atoms with Crippen LogP contribution in [0.3, 0.4) is 0 Å². The van der Waals surface area contributed by atoms with E-state index in [0.29, 0.717) is 12.2 Å². The van der Waals surface area contributed by atoms with Crippen molar-refractivity contribution < 1.29 is 13.6 Å². The van der Waals surface area contributed by atoms with E-state index in [2.05, 4.69) is 10.1 Å². The van der Waals surface area contributed by atoms with Gasteiger partial charge in [-0.3, -0.25) is 14.5 Å². The molecule has 0 unspecified atom stereocenters. The first kappa shape index (κ1) is 17.1. The number of alkyl halides is 2. The third-order valence-electron chi connectivity index (χ3n) is 3.26. The second-order valence-corrected chi connectivity index (χ2v) is 6.53. The maximum Gasteiger partial charge on any atom is 0.280 e. The van der Waals surface area contributed by atoms with E-state index in [4.69, 9.17) is 0 Å². The highest BCUT2D eigenvalue weighted by Gasteiger charge is 2.29. The summed E-state index contributed by atoms with van der Waals surface area (Å²) in [5, 5.41) is 3.80. The lowest BCUT2D eigenvalue weighted by molar-refractivity contribution is 0.0960. The Balaban J connectivity index is 2.46. The van der Waals surface area contributed by atoms with Crippen LogP contribution in [0.4, 0.5) is 14.5 Å². The molecule has 23 heavy (non-hydrogen) atoms. The van der Waals surface area contributed by atoms with Gasteiger partial charge in [0.1, 0.15) is 5.69 Å². The van der Waals surface area contributed by atoms with E-state index in [0.717, 1.165) is 4.68 Å². The van der Waals surface area contributed by atoms with Crippen molar-refractivity contribution in [2.24, 2.45) is 12.5 Å². The molecule has 2 heterocycles. The Bertz CT molecular complexity index is 677. The second kappa shape index (κ2) is 6.44. The molecule has 0 spiro atoms. The first-order chi connectivity index (χ1) is 10.7. The Morgan fingerprint density at radius 1 is 1.35 bits per heavy atom. The second-order valence-electron chi connectivity index (χ2n) is 6.53. The molecule has 2 aromatic heterocycles. The standard InChI is InChI=1S/C16H20F2N4O/c1-16(2,3)10-22(11-6-5-7-19-8-11)15(23)12-9-20-21(4)13(12)14(17)18/h5-9,14H,10H2,1-4H3. The van der Waals surface area contributed by atoms with Gasteiger partial charge in [-0.25, -0.2) is 8.78 Å². The number of carbonyl (C=O) groups is 1. The number of halogens is 2. The molecule has 0 N–H and O–H groups in total. The maximum absolute atomic E-state index is 13.2. The van der Waals surface area contributed by atoms with Crippen molar-refractivity contribution in [2.45, 2.75) is 27.2 Å². The summed E-state index contributed by atoms with van der Waals surface area (Å²) in [6.07, 6.45) is 1.56. The van der Waals surface area contributed by atoms with Crippen molar-refractivity contribution in [2.75, 3.05) is 11.4 Å². The molecular formula is C16H20F2N4O. The zero-order valence-corrected chi connectivity index (χ0v) is 13.6. The molecule has 0 aromatic carbocycles. The van der Waals surface area contributed by atoms with Crippen molar-refractivity contribution in [3.63, 3.8) is 0 Å². The summed E-state index contributed by atoms with van der Waals surface area (Å²) in [7, 11) is 1.40. The SMILES string of the molecule is Cn1ncc(C(=O)N(CC(C)(C)C)c2cccnc2)c1C(F)F. The molecule has 2 aromatic rings. The molecule has 0 bridgehead atoms. The van der Waals surface area contributed by atoms with Gasteiger partial charge in [-0.2, -0.15) is 5.10 Å². The van der Waals surface area contributed by atoms with E-state index in [1.165, 1.54) is 18.1 Å². The summed E-state index contributed by atoms with van der Waals surface area (Å²) in [4.78, 5) is 18.4. The van der Waals surface area contributed by atoms with E-state index in [-0.39, 0.29) is 16.7 Å². The lowest BCUT2D eigenvalue weighted by atomic mass is 9.95. The normalized spacial score (nSPS) is 11.8. The average molecular weight is 322 g/mol. The van der Waals surface area contributed by atoms with Crippen LogP contribution in [0, 0.1) is 5.41 Å². The highest BCUT2D eigenvalue weighted by atomic mass is 19.3. The lowest BCUT2D eigenvalue weighted by Gasteiger charge is -2.30. The fourth-order valence-electron chi connectivity index (χ4n) is 2.28. The largest absolute Gasteiger partial charge is 0.306 e. The Kier molecular flexibility index (Phi) is 4.77. The van der Waals surface area contributed by atoms with Gasteiger partial charge >= 0.3 is 0 Å². The predicted octanol–water partition coefficient (Wildman–Crippen LogP) is 3.45. The van der Waals surface area contributed by atoms with Crippen molar-refractivity contribution in [3.8, 4) is 0 Å². The van der Waals surface area contributed by atoms with Crippen LogP contribution in [0.2, 0.25) is 0 Å². The molecule has 0 aliphatic heterocycles. The van der Waals surface area contributed by atoms with Gasteiger partial charge in [-0.15, -0.1) is 0 Å². The van der Waals surface area contributed by atoms with Crippen LogP contribution in [0.15, 0.2) is 30.7 Å². The maximum atomic E-state index is 13.2. The van der Waals surface area contributed by atoms with Crippen LogP contribution in [0.25, 0.3) is 0 Å². The number of nitrogens with zero attached hydrogens (tertiary/aromatic N) is 4. The van der Waals surface area contributed by atoms with Crippen LogP contribution in [-0.4, -0.2) is 27.2 Å². The van der Waals surface area contributed by atoms with Gasteiger partial charge in [0.05, 0.1) is 23.6 Å². The minimum Gasteiger partial charge on any atom is -0.306 e. The molecule has 124 valence electrons. The third kappa shape index (κ3) is 3.91. The zero-order chi connectivity index (χ0) is 17.2. The van der Waals surface area contributed by atoms with Gasteiger partial charge < -0.3 is 4.90 Å². The van der Waals surface area contributed by atoms with E-state index in [1.54, 1.807) is 24.5 Å². The summed E-state index contributed by atoms with van der Waals surface area (Å²) in [5.41, 5.74) is -0.108. The van der Waals surface area contributed by atoms with Gasteiger partial charge in [0.2, 0.25) is 0 Å². The Morgan fingerprint density at radius 2 is 2.04 bits per heavy atom. The molecule has 5 nitrogen and oxygen atoms in total. The van der Waals surface area contributed by atoms with Crippen LogP contribution in [0.1, 0.15) is 43.2 Å². The van der Waals surface area contributed by atoms with Gasteiger partial charge in [-0.05, 0) is 17.5 Å². The molecule has 0 aliphatic carbocycles. The van der Waals surface area contributed by atoms with Crippen molar-refractivity contribution in [3.05, 3.63) is 42.0 Å². The number of amides is 1. The van der Waals surface area contributed by atoms with Crippen molar-refractivity contribution in [1.29, 1.82) is 0 Å². The van der Waals surface area contributed by atoms with Gasteiger partial charge in [0.15, 0.2) is 0 Å². The highest BCUT2D eigenvalue weighted by Crippen LogP contribution is 2.27. The van der Waals surface area contributed by atoms with E-state index < -0.39 is 12.3 Å². The van der Waals surface area contributed by atoms with E-state index in [1.807, 2.05) is 20.8 Å². The zero-order valence-electron chi connectivity index (χ0n) is 13.6. The summed E-state index contributed by atoms with van der Waals surface area (Å²) >= 11 is 0. The molecule has 0 saturated carbocycles. The van der Waals surface area contributed by atoms with E-state index >= 15 is 0 Å². The fraction of sp³-hybridized carbons (Fsp3) is 0.438. The van der Waals surface area contributed by atoms with Crippen LogP contribution in [0.5, 0.6) is 0 Å². The third-order valence-corrected chi connectivity index (χ3v) is 3.26. The Morgan fingerprint density at radius 3 is 2.57 bits per heavy atom. The number of aromatic nitrogens is 3. The molecule has 0 radical (unpaired) electrons. The molecule has 7 heteroatoms. The molecule has 0 fully saturated rings. The van der Waals surface area contributed by atoms with Gasteiger partial charge in [-0.1, -0.05) is 20.8 Å². The number of pyridine rings is 1. The summed E-state index contributed by atoms with van der Waals surface area (Å²) in [6, 6.07) is 3.44. The number of carbonyl (C=O) groups excluding carboxylic acids is 1. The monoisotopic (exact) mass is 322 g/mol. The van der Waals surface area contributed by atoms with Gasteiger partial charge in [0.25, 0.3) is 12.3 Å². The molecule has 1 amide bonds. The predicted molar refractivity (Wildman–Crippen MR) is 83.5 cm³/mol. The quantitative estimate of drug-likeness (QED) is 0.866. The van der Waals surface area contributed by atoms with Crippen molar-refractivity contribution >= 4 is 11.6 Å². The van der Waals surface area contributed by atoms with Gasteiger partial charge in [0, 0.05) is 19.8 Å². The summed E-state index contributed by atoms with van der Waals surface area (Å²) < 4.78 is 27.5. The first-order valence-corrected chi connectivity index (χ1v) is 7.22. The number of aryl methyl sites for hydroxylation is 1. The smallest absolute Gasteiger partial charge is 0.280 e. The van der Waals surface area contributed by atoms with Crippen LogP contribution in [-0.2, 0) is 7.05 Å². The molecule has 0 aliphatic rings. The molecule has 0 atom stereocenters. The summed E-state index contributed by atoms with van der Waals surface area (Å²) in [5.74, 6) is -0.503. The minimum atomic E-state index is -2.77. The minimum absolute atomic E-state index is 0.0874. The molecule has 0 saturated heterocycles. The number of rotatable bonds is 4. The Hall–Kier alpha value is -2.31. The topological polar surface area (TPSA) is 51.0 Å². The number of anilines is 1. The molecular weight excluding hydrogens is 302 g/mol. The van der Waals surface area contributed by atoms with Crippen molar-refractivity contribution in [1.82, 2.24) is 14.8 Å². The lowest BCUT2D eigenvalue weighted by Crippen LogP contribution is -2.38.